The van der Waals surface area contributed by atoms with Crippen molar-refractivity contribution in [2.75, 3.05) is 0 Å². The maximum Gasteiger partial charge on any atom is 0.0912 e. The van der Waals surface area contributed by atoms with Crippen LogP contribution in [0, 0.1) is 22.7 Å². The Labute approximate surface area is 119 Å². The Hall–Kier alpha value is -3.10. The van der Waals surface area contributed by atoms with E-state index in [9.17, 15) is 0 Å². The lowest BCUT2D eigenvalue weighted by atomic mass is 10.2. The minimum Gasteiger partial charge on any atom is -0.193 e. The van der Waals surface area contributed by atoms with Crippen LogP contribution in [-0.4, -0.2) is 0 Å². The zero-order valence-electron chi connectivity index (χ0n) is 11.0. The maximum absolute atomic E-state index is 8.19. The average molecular weight is 258 g/mol. The second-order valence-electron chi connectivity index (χ2n) is 3.75. The predicted molar refractivity (Wildman–Crippen MR) is 82.2 cm³/mol. The Bertz CT molecular complexity index is 567. The predicted octanol–water partition coefficient (Wildman–Crippen LogP) is 4.45. The third kappa shape index (κ3) is 6.59. The van der Waals surface area contributed by atoms with Crippen molar-refractivity contribution < 1.29 is 0 Å². The largest absolute Gasteiger partial charge is 0.193 e. The molecule has 0 atom stereocenters. The maximum atomic E-state index is 8.19. The van der Waals surface area contributed by atoms with Crippen molar-refractivity contribution >= 4 is 12.2 Å². The second kappa shape index (κ2) is 9.88. The molecule has 0 aliphatic rings. The Kier molecular flexibility index (Phi) is 7.39. The molecule has 0 aliphatic heterocycles. The van der Waals surface area contributed by atoms with E-state index in [1.165, 1.54) is 12.2 Å². The minimum absolute atomic E-state index is 1.06. The van der Waals surface area contributed by atoms with Crippen molar-refractivity contribution in [1.29, 1.82) is 10.5 Å². The lowest BCUT2D eigenvalue weighted by molar-refractivity contribution is 1.53. The molecule has 0 heterocycles. The molecule has 0 unspecified atom stereocenters. The molecule has 2 nitrogen and oxygen atoms in total. The van der Waals surface area contributed by atoms with E-state index in [1.54, 1.807) is 12.2 Å². The van der Waals surface area contributed by atoms with Crippen LogP contribution in [0.2, 0.25) is 0 Å². The van der Waals surface area contributed by atoms with Gasteiger partial charge in [0.2, 0.25) is 0 Å². The van der Waals surface area contributed by atoms with Crippen molar-refractivity contribution in [1.82, 2.24) is 0 Å². The van der Waals surface area contributed by atoms with Gasteiger partial charge in [-0.15, -0.1) is 0 Å². The van der Waals surface area contributed by atoms with Gasteiger partial charge in [-0.25, -0.2) is 0 Å². The molecule has 0 fully saturated rings. The number of allylic oxidation sites excluding steroid dienone is 2. The molecule has 96 valence electrons. The summed E-state index contributed by atoms with van der Waals surface area (Å²) in [5, 5.41) is 16.4. The summed E-state index contributed by atoms with van der Waals surface area (Å²) in [6, 6.07) is 23.3. The van der Waals surface area contributed by atoms with E-state index in [0.717, 1.165) is 11.1 Å². The molecule has 0 N–H and O–H groups in total. The van der Waals surface area contributed by atoms with Gasteiger partial charge in [-0.1, -0.05) is 60.7 Å². The third-order valence-electron chi connectivity index (χ3n) is 2.30. The lowest BCUT2D eigenvalue weighted by Crippen LogP contribution is -1.65. The summed E-state index contributed by atoms with van der Waals surface area (Å²) in [6.45, 7) is 0. The molecule has 0 spiro atoms. The highest BCUT2D eigenvalue weighted by Crippen LogP contribution is 2.00. The first-order chi connectivity index (χ1) is 9.86. The van der Waals surface area contributed by atoms with E-state index in [0.29, 0.717) is 0 Å². The topological polar surface area (TPSA) is 47.6 Å². The van der Waals surface area contributed by atoms with Crippen LogP contribution >= 0.6 is 0 Å². The first-order valence-electron chi connectivity index (χ1n) is 6.09. The van der Waals surface area contributed by atoms with Gasteiger partial charge in [-0.05, 0) is 23.3 Å². The molecule has 0 saturated heterocycles. The Balaban J connectivity index is 0.000000200. The SMILES string of the molecule is N#CC=Cc1ccccc1.N#CC=Cc1ccccc1. The summed E-state index contributed by atoms with van der Waals surface area (Å²) in [7, 11) is 0. The number of nitrogens with zero attached hydrogens (tertiary/aromatic N) is 2. The van der Waals surface area contributed by atoms with E-state index >= 15 is 0 Å². The fourth-order valence-corrected chi connectivity index (χ4v) is 1.40. The Morgan fingerprint density at radius 3 is 1.25 bits per heavy atom. The third-order valence-corrected chi connectivity index (χ3v) is 2.30. The van der Waals surface area contributed by atoms with Gasteiger partial charge >= 0.3 is 0 Å². The van der Waals surface area contributed by atoms with Gasteiger partial charge in [-0.2, -0.15) is 10.5 Å². The number of hydrogen-bond acceptors (Lipinski definition) is 2. The fraction of sp³-hybridized carbons (Fsp3) is 0. The quantitative estimate of drug-likeness (QED) is 0.747. The van der Waals surface area contributed by atoms with Crippen molar-refractivity contribution in [3.8, 4) is 12.1 Å². The molecule has 0 aliphatic carbocycles. The van der Waals surface area contributed by atoms with Crippen molar-refractivity contribution in [2.24, 2.45) is 0 Å². The highest BCUT2D eigenvalue weighted by Gasteiger charge is 1.79. The van der Waals surface area contributed by atoms with Crippen LogP contribution in [0.25, 0.3) is 12.2 Å². The molecule has 0 amide bonds. The lowest BCUT2D eigenvalue weighted by Gasteiger charge is -1.86. The summed E-state index contributed by atoms with van der Waals surface area (Å²) in [4.78, 5) is 0. The second-order valence-corrected chi connectivity index (χ2v) is 3.75. The van der Waals surface area contributed by atoms with E-state index in [1.807, 2.05) is 72.8 Å². The molecule has 20 heavy (non-hydrogen) atoms. The van der Waals surface area contributed by atoms with Crippen LogP contribution in [0.4, 0.5) is 0 Å². The molecule has 2 heteroatoms. The number of nitriles is 2. The van der Waals surface area contributed by atoms with Crippen LogP contribution in [0.3, 0.4) is 0 Å². The summed E-state index contributed by atoms with van der Waals surface area (Å²) >= 11 is 0. The van der Waals surface area contributed by atoms with Crippen molar-refractivity contribution in [3.63, 3.8) is 0 Å². The van der Waals surface area contributed by atoms with Crippen LogP contribution in [0.15, 0.2) is 72.8 Å². The zero-order valence-corrected chi connectivity index (χ0v) is 11.0. The van der Waals surface area contributed by atoms with Crippen LogP contribution in [0.1, 0.15) is 11.1 Å². The summed E-state index contributed by atoms with van der Waals surface area (Å²) in [6.07, 6.45) is 6.49. The van der Waals surface area contributed by atoms with Crippen molar-refractivity contribution in [2.45, 2.75) is 0 Å². The molecule has 0 radical (unpaired) electrons. The summed E-state index contributed by atoms with van der Waals surface area (Å²) in [5.74, 6) is 0. The number of hydrogen-bond donors (Lipinski definition) is 0. The van der Waals surface area contributed by atoms with Gasteiger partial charge < -0.3 is 0 Å². The van der Waals surface area contributed by atoms with E-state index < -0.39 is 0 Å². The van der Waals surface area contributed by atoms with Gasteiger partial charge in [0.05, 0.1) is 12.1 Å². The summed E-state index contributed by atoms with van der Waals surface area (Å²) < 4.78 is 0. The van der Waals surface area contributed by atoms with Crippen molar-refractivity contribution in [3.05, 3.63) is 83.9 Å². The standard InChI is InChI=1S/2C9H7N/c2*10-8-4-7-9-5-2-1-3-6-9/h2*1-7H. The number of benzene rings is 2. The summed E-state index contributed by atoms with van der Waals surface area (Å²) in [5.41, 5.74) is 2.12. The first kappa shape index (κ1) is 15.0. The molecular weight excluding hydrogens is 244 g/mol. The highest BCUT2D eigenvalue weighted by molar-refractivity contribution is 5.51. The van der Waals surface area contributed by atoms with Crippen LogP contribution in [-0.2, 0) is 0 Å². The van der Waals surface area contributed by atoms with E-state index in [2.05, 4.69) is 0 Å². The Morgan fingerprint density at radius 2 is 0.950 bits per heavy atom. The molecule has 2 aromatic carbocycles. The van der Waals surface area contributed by atoms with Gasteiger partial charge in [0.25, 0.3) is 0 Å². The van der Waals surface area contributed by atoms with Crippen LogP contribution in [0.5, 0.6) is 0 Å². The average Bonchev–Trinajstić information content (AvgIpc) is 2.53. The minimum atomic E-state index is 1.06. The van der Waals surface area contributed by atoms with E-state index in [-0.39, 0.29) is 0 Å². The van der Waals surface area contributed by atoms with Gasteiger partial charge in [0.1, 0.15) is 0 Å². The Morgan fingerprint density at radius 1 is 0.600 bits per heavy atom. The molecular formula is C18H14N2. The van der Waals surface area contributed by atoms with Crippen LogP contribution < -0.4 is 0 Å². The van der Waals surface area contributed by atoms with Gasteiger partial charge in [-0.3, -0.25) is 0 Å². The fourth-order valence-electron chi connectivity index (χ4n) is 1.40. The monoisotopic (exact) mass is 258 g/mol. The molecule has 2 aromatic rings. The smallest absolute Gasteiger partial charge is 0.0912 e. The zero-order chi connectivity index (χ0) is 14.5. The molecule has 0 aromatic heterocycles. The highest BCUT2D eigenvalue weighted by atomic mass is 14.2. The molecule has 0 saturated carbocycles. The number of rotatable bonds is 2. The van der Waals surface area contributed by atoms with Gasteiger partial charge in [0, 0.05) is 12.2 Å². The first-order valence-corrected chi connectivity index (χ1v) is 6.09. The molecule has 0 bridgehead atoms. The molecule has 2 rings (SSSR count). The van der Waals surface area contributed by atoms with Gasteiger partial charge in [0.15, 0.2) is 0 Å². The normalized spacial score (nSPS) is 9.50. The van der Waals surface area contributed by atoms with E-state index in [4.69, 9.17) is 10.5 Å².